The summed E-state index contributed by atoms with van der Waals surface area (Å²) in [4.78, 5) is 10.8. The summed E-state index contributed by atoms with van der Waals surface area (Å²) in [7, 11) is 0. The number of ether oxygens (including phenoxy) is 3. The van der Waals surface area contributed by atoms with E-state index in [1.54, 1.807) is 0 Å². The van der Waals surface area contributed by atoms with Crippen LogP contribution in [0, 0.1) is 0 Å². The zero-order chi connectivity index (χ0) is 14.1. The first-order valence-electron chi connectivity index (χ1n) is 6.92. The molecule has 19 heavy (non-hydrogen) atoms. The van der Waals surface area contributed by atoms with Gasteiger partial charge in [0, 0.05) is 19.6 Å². The van der Waals surface area contributed by atoms with Crippen molar-refractivity contribution in [3.05, 3.63) is 12.2 Å². The third-order valence-electron chi connectivity index (χ3n) is 2.73. The fraction of sp³-hybridized carbons (Fsp3) is 0.786. The third-order valence-corrected chi connectivity index (χ3v) is 2.73. The van der Waals surface area contributed by atoms with Crippen LogP contribution in [0.5, 0.6) is 0 Å². The lowest BCUT2D eigenvalue weighted by Gasteiger charge is -2.28. The first-order valence-corrected chi connectivity index (χ1v) is 6.92. The quantitative estimate of drug-likeness (QED) is 0.565. The zero-order valence-electron chi connectivity index (χ0n) is 12.1. The van der Waals surface area contributed by atoms with Crippen LogP contribution in [0.3, 0.4) is 0 Å². The molecule has 1 aliphatic heterocycles. The Bertz CT molecular complexity index is 285. The molecule has 5 nitrogen and oxygen atoms in total. The van der Waals surface area contributed by atoms with E-state index in [2.05, 4.69) is 12.2 Å². The zero-order valence-corrected chi connectivity index (χ0v) is 12.1. The Morgan fingerprint density at radius 3 is 2.74 bits per heavy atom. The van der Waals surface area contributed by atoms with Gasteiger partial charge in [-0.1, -0.05) is 19.4 Å². The monoisotopic (exact) mass is 271 g/mol. The van der Waals surface area contributed by atoms with Gasteiger partial charge in [-0.2, -0.15) is 0 Å². The van der Waals surface area contributed by atoms with Crippen LogP contribution in [0.25, 0.3) is 0 Å². The summed E-state index contributed by atoms with van der Waals surface area (Å²) in [5, 5.41) is 2.76. The van der Waals surface area contributed by atoms with Crippen LogP contribution < -0.4 is 5.32 Å². The number of hydrogen-bond donors (Lipinski definition) is 1. The Balaban J connectivity index is 2.18. The molecule has 0 aromatic rings. The number of rotatable bonds is 7. The summed E-state index contributed by atoms with van der Waals surface area (Å²) in [5.74, 6) is -0.0491. The standard InChI is InChI=1S/C14H25NO4/c1-4-5-8-17-13-9-18-14(19-10-13)7-6-11(2)15-12(3)16/h6-7,11,13-14H,4-5,8-10H2,1-3H3,(H,15,16)/b7-6+/t11-,13-,14-/m0/s1. The molecule has 1 N–H and O–H groups in total. The summed E-state index contributed by atoms with van der Waals surface area (Å²) in [5.41, 5.74) is 0. The van der Waals surface area contributed by atoms with E-state index in [0.29, 0.717) is 13.2 Å². The maximum absolute atomic E-state index is 10.8. The van der Waals surface area contributed by atoms with Crippen molar-refractivity contribution in [2.24, 2.45) is 0 Å². The highest BCUT2D eigenvalue weighted by atomic mass is 16.7. The van der Waals surface area contributed by atoms with E-state index in [1.165, 1.54) is 6.92 Å². The molecule has 0 bridgehead atoms. The van der Waals surface area contributed by atoms with Gasteiger partial charge in [0.2, 0.25) is 5.91 Å². The summed E-state index contributed by atoms with van der Waals surface area (Å²) >= 11 is 0. The minimum atomic E-state index is -0.345. The van der Waals surface area contributed by atoms with E-state index in [4.69, 9.17) is 14.2 Å². The van der Waals surface area contributed by atoms with E-state index < -0.39 is 0 Å². The summed E-state index contributed by atoms with van der Waals surface area (Å²) in [6.45, 7) is 7.39. The molecule has 0 spiro atoms. The van der Waals surface area contributed by atoms with Crippen LogP contribution in [0.4, 0.5) is 0 Å². The Kier molecular flexibility index (Phi) is 7.70. The number of unbranched alkanes of at least 4 members (excludes halogenated alkanes) is 1. The molecule has 0 aromatic carbocycles. The fourth-order valence-corrected chi connectivity index (χ4v) is 1.73. The average Bonchev–Trinajstić information content (AvgIpc) is 2.37. The molecule has 5 heteroatoms. The smallest absolute Gasteiger partial charge is 0.217 e. The molecule has 1 heterocycles. The highest BCUT2D eigenvalue weighted by Gasteiger charge is 2.20. The van der Waals surface area contributed by atoms with Crippen molar-refractivity contribution in [1.29, 1.82) is 0 Å². The van der Waals surface area contributed by atoms with E-state index in [1.807, 2.05) is 19.1 Å². The van der Waals surface area contributed by atoms with Gasteiger partial charge in [0.1, 0.15) is 6.10 Å². The fourth-order valence-electron chi connectivity index (χ4n) is 1.73. The second-order valence-electron chi connectivity index (χ2n) is 4.76. The second kappa shape index (κ2) is 9.07. The molecular formula is C14H25NO4. The van der Waals surface area contributed by atoms with Gasteiger partial charge in [0.25, 0.3) is 0 Å². The first-order chi connectivity index (χ1) is 9.11. The van der Waals surface area contributed by atoms with Gasteiger partial charge in [0.15, 0.2) is 6.29 Å². The topological polar surface area (TPSA) is 56.8 Å². The summed E-state index contributed by atoms with van der Waals surface area (Å²) < 4.78 is 16.7. The van der Waals surface area contributed by atoms with Gasteiger partial charge in [-0.25, -0.2) is 0 Å². The summed E-state index contributed by atoms with van der Waals surface area (Å²) in [6, 6.07) is -0.0248. The molecule has 110 valence electrons. The lowest BCUT2D eigenvalue weighted by molar-refractivity contribution is -0.205. The Labute approximate surface area is 115 Å². The molecule has 0 radical (unpaired) electrons. The van der Waals surface area contributed by atoms with Crippen molar-refractivity contribution >= 4 is 5.91 Å². The van der Waals surface area contributed by atoms with Crippen LogP contribution in [0.15, 0.2) is 12.2 Å². The van der Waals surface area contributed by atoms with Gasteiger partial charge in [-0.3, -0.25) is 4.79 Å². The summed E-state index contributed by atoms with van der Waals surface area (Å²) in [6.07, 6.45) is 5.56. The van der Waals surface area contributed by atoms with Crippen molar-refractivity contribution in [3.8, 4) is 0 Å². The van der Waals surface area contributed by atoms with Crippen LogP contribution in [0.2, 0.25) is 0 Å². The van der Waals surface area contributed by atoms with E-state index in [-0.39, 0.29) is 24.3 Å². The molecule has 1 aliphatic rings. The Morgan fingerprint density at radius 2 is 2.16 bits per heavy atom. The third kappa shape index (κ3) is 7.30. The van der Waals surface area contributed by atoms with E-state index in [0.717, 1.165) is 19.4 Å². The molecule has 1 atom stereocenters. The molecular weight excluding hydrogens is 246 g/mol. The number of carbonyl (C=O) groups excluding carboxylic acids is 1. The van der Waals surface area contributed by atoms with Crippen LogP contribution in [-0.4, -0.2) is 44.2 Å². The predicted molar refractivity (Wildman–Crippen MR) is 72.8 cm³/mol. The van der Waals surface area contributed by atoms with Gasteiger partial charge in [-0.05, 0) is 19.4 Å². The average molecular weight is 271 g/mol. The maximum Gasteiger partial charge on any atom is 0.217 e. The number of hydrogen-bond acceptors (Lipinski definition) is 4. The molecule has 1 amide bonds. The Morgan fingerprint density at radius 1 is 1.47 bits per heavy atom. The molecule has 0 aliphatic carbocycles. The number of amides is 1. The highest BCUT2D eigenvalue weighted by Crippen LogP contribution is 2.10. The lowest BCUT2D eigenvalue weighted by Crippen LogP contribution is -2.37. The Hall–Kier alpha value is -0.910. The molecule has 1 saturated heterocycles. The first kappa shape index (κ1) is 16.1. The normalized spacial score (nSPS) is 25.4. The van der Waals surface area contributed by atoms with Crippen molar-refractivity contribution in [3.63, 3.8) is 0 Å². The van der Waals surface area contributed by atoms with Gasteiger partial charge in [0.05, 0.1) is 13.2 Å². The number of nitrogens with one attached hydrogen (secondary N) is 1. The van der Waals surface area contributed by atoms with Gasteiger partial charge < -0.3 is 19.5 Å². The van der Waals surface area contributed by atoms with E-state index in [9.17, 15) is 4.79 Å². The van der Waals surface area contributed by atoms with Crippen LogP contribution in [0.1, 0.15) is 33.6 Å². The van der Waals surface area contributed by atoms with Crippen LogP contribution in [-0.2, 0) is 19.0 Å². The lowest BCUT2D eigenvalue weighted by atomic mass is 10.3. The van der Waals surface area contributed by atoms with E-state index >= 15 is 0 Å². The predicted octanol–water partition coefficient (Wildman–Crippen LogP) is 1.63. The van der Waals surface area contributed by atoms with Crippen LogP contribution >= 0.6 is 0 Å². The van der Waals surface area contributed by atoms with Gasteiger partial charge >= 0.3 is 0 Å². The van der Waals surface area contributed by atoms with Crippen molar-refractivity contribution in [1.82, 2.24) is 5.32 Å². The largest absolute Gasteiger partial charge is 0.373 e. The van der Waals surface area contributed by atoms with Crippen molar-refractivity contribution < 1.29 is 19.0 Å². The minimum absolute atomic E-state index is 0.0248. The molecule has 1 rings (SSSR count). The molecule has 0 aromatic heterocycles. The number of carbonyl (C=O) groups is 1. The molecule has 0 saturated carbocycles. The van der Waals surface area contributed by atoms with Gasteiger partial charge in [-0.15, -0.1) is 0 Å². The van der Waals surface area contributed by atoms with Crippen molar-refractivity contribution in [2.75, 3.05) is 19.8 Å². The second-order valence-corrected chi connectivity index (χ2v) is 4.76. The van der Waals surface area contributed by atoms with Crippen molar-refractivity contribution in [2.45, 2.75) is 52.0 Å². The maximum atomic E-state index is 10.8. The highest BCUT2D eigenvalue weighted by molar-refractivity contribution is 5.73. The SMILES string of the molecule is CCCCO[C@H]1CO[C@H](/C=C/[C@H](C)NC(C)=O)OC1. The molecule has 0 unspecified atom stereocenters. The minimum Gasteiger partial charge on any atom is -0.373 e. The molecule has 1 fully saturated rings.